The van der Waals surface area contributed by atoms with Crippen LogP contribution in [0.1, 0.15) is 72.6 Å². The average molecular weight is 464 g/mol. The molecule has 1 aliphatic heterocycles. The molecule has 8 nitrogen and oxygen atoms in total. The van der Waals surface area contributed by atoms with E-state index < -0.39 is 11.6 Å². The first-order chi connectivity index (χ1) is 16.5. The van der Waals surface area contributed by atoms with E-state index >= 15 is 0 Å². The maximum atomic E-state index is 14.8. The van der Waals surface area contributed by atoms with Crippen LogP contribution in [-0.2, 0) is 4.74 Å². The minimum atomic E-state index is -0.713. The number of aromatic nitrogens is 6. The molecule has 2 fully saturated rings. The average Bonchev–Trinajstić information content (AvgIpc) is 3.56. The van der Waals surface area contributed by atoms with Crippen molar-refractivity contribution in [2.24, 2.45) is 0 Å². The van der Waals surface area contributed by atoms with Gasteiger partial charge in [-0.25, -0.2) is 28.7 Å². The first-order valence-electron chi connectivity index (χ1n) is 11.4. The third-order valence-electron chi connectivity index (χ3n) is 6.47. The van der Waals surface area contributed by atoms with Gasteiger partial charge in [-0.1, -0.05) is 5.16 Å². The van der Waals surface area contributed by atoms with Gasteiger partial charge in [-0.05, 0) is 51.7 Å². The highest BCUT2D eigenvalue weighted by Crippen LogP contribution is 2.41. The molecule has 10 heteroatoms. The largest absolute Gasteiger partial charge is 0.370 e. The molecule has 0 N–H and O–H groups in total. The Labute approximate surface area is 193 Å². The van der Waals surface area contributed by atoms with Crippen LogP contribution in [0.25, 0.3) is 22.4 Å². The number of nitrogens with zero attached hydrogens (tertiary/aromatic N) is 6. The van der Waals surface area contributed by atoms with Gasteiger partial charge in [0.25, 0.3) is 0 Å². The molecule has 0 amide bonds. The Morgan fingerprint density at radius 1 is 0.882 bits per heavy atom. The fourth-order valence-corrected chi connectivity index (χ4v) is 4.27. The molecule has 174 valence electrons. The molecule has 1 saturated heterocycles. The van der Waals surface area contributed by atoms with Gasteiger partial charge in [-0.15, -0.1) is 0 Å². The highest BCUT2D eigenvalue weighted by atomic mass is 19.1. The standard InChI is InChI=1S/C24H22F2N6O2/c1-11-12(2)28-23-20(27-11)19(16-6-5-15(25)10-17(16)26)29-21(30-23)14-7-8-33-18(9-14)22-31-24(34-32-22)13-3-4-13/h5-6,10,13-14,18H,3-4,7-9H2,1-2H3/t14-,18+/m0/s1. The Morgan fingerprint density at radius 2 is 1.71 bits per heavy atom. The fourth-order valence-electron chi connectivity index (χ4n) is 4.27. The predicted octanol–water partition coefficient (Wildman–Crippen LogP) is 4.88. The Kier molecular flexibility index (Phi) is 5.05. The van der Waals surface area contributed by atoms with Crippen LogP contribution in [0.5, 0.6) is 0 Å². The highest BCUT2D eigenvalue weighted by Gasteiger charge is 2.34. The van der Waals surface area contributed by atoms with E-state index in [1.165, 1.54) is 12.1 Å². The molecule has 1 saturated carbocycles. The van der Waals surface area contributed by atoms with Crippen molar-refractivity contribution in [1.82, 2.24) is 30.1 Å². The van der Waals surface area contributed by atoms with E-state index in [0.29, 0.717) is 65.5 Å². The quantitative estimate of drug-likeness (QED) is 0.421. The van der Waals surface area contributed by atoms with Crippen LogP contribution in [0.15, 0.2) is 22.7 Å². The Hall–Kier alpha value is -3.40. The first-order valence-corrected chi connectivity index (χ1v) is 11.4. The van der Waals surface area contributed by atoms with Gasteiger partial charge in [0, 0.05) is 30.1 Å². The van der Waals surface area contributed by atoms with Gasteiger partial charge in [0.05, 0.1) is 11.4 Å². The number of halogens is 2. The summed E-state index contributed by atoms with van der Waals surface area (Å²) in [5, 5.41) is 4.13. The molecule has 4 heterocycles. The molecule has 0 unspecified atom stereocenters. The van der Waals surface area contributed by atoms with Gasteiger partial charge in [-0.2, -0.15) is 4.98 Å². The number of benzene rings is 1. The predicted molar refractivity (Wildman–Crippen MR) is 117 cm³/mol. The minimum Gasteiger partial charge on any atom is -0.370 e. The summed E-state index contributed by atoms with van der Waals surface area (Å²) in [4.78, 5) is 23.1. The second-order valence-corrected chi connectivity index (χ2v) is 8.97. The van der Waals surface area contributed by atoms with Crippen LogP contribution in [0.3, 0.4) is 0 Å². The minimum absolute atomic E-state index is 0.0864. The zero-order valence-electron chi connectivity index (χ0n) is 18.8. The van der Waals surface area contributed by atoms with E-state index in [-0.39, 0.29) is 17.6 Å². The number of hydrogen-bond acceptors (Lipinski definition) is 8. The summed E-state index contributed by atoms with van der Waals surface area (Å²) in [6.07, 6.45) is 3.04. The monoisotopic (exact) mass is 464 g/mol. The van der Waals surface area contributed by atoms with Crippen molar-refractivity contribution in [1.29, 1.82) is 0 Å². The molecular formula is C24H22F2N6O2. The van der Waals surface area contributed by atoms with Gasteiger partial charge in [0.2, 0.25) is 11.7 Å². The summed E-state index contributed by atoms with van der Waals surface area (Å²) < 4.78 is 39.7. The van der Waals surface area contributed by atoms with E-state index in [0.717, 1.165) is 24.6 Å². The number of aryl methyl sites for hydroxylation is 2. The van der Waals surface area contributed by atoms with Crippen molar-refractivity contribution in [2.45, 2.75) is 57.5 Å². The summed E-state index contributed by atoms with van der Waals surface area (Å²) in [5.41, 5.74) is 2.64. The first kappa shape index (κ1) is 21.2. The maximum absolute atomic E-state index is 14.8. The Balaban J connectivity index is 1.41. The van der Waals surface area contributed by atoms with Crippen LogP contribution >= 0.6 is 0 Å². The molecule has 1 aromatic carbocycles. The molecule has 6 rings (SSSR count). The van der Waals surface area contributed by atoms with Crippen LogP contribution < -0.4 is 0 Å². The lowest BCUT2D eigenvalue weighted by molar-refractivity contribution is -0.00240. The molecule has 2 aliphatic rings. The molecular weight excluding hydrogens is 442 g/mol. The lowest BCUT2D eigenvalue weighted by Gasteiger charge is -2.27. The lowest BCUT2D eigenvalue weighted by atomic mass is 9.94. The third kappa shape index (κ3) is 3.81. The Morgan fingerprint density at radius 3 is 2.50 bits per heavy atom. The van der Waals surface area contributed by atoms with Gasteiger partial charge >= 0.3 is 0 Å². The molecule has 3 aromatic heterocycles. The number of fused-ring (bicyclic) bond motifs is 1. The molecule has 1 aliphatic carbocycles. The zero-order chi connectivity index (χ0) is 23.4. The van der Waals surface area contributed by atoms with E-state index in [1.807, 2.05) is 13.8 Å². The summed E-state index contributed by atoms with van der Waals surface area (Å²) in [7, 11) is 0. The van der Waals surface area contributed by atoms with Gasteiger partial charge < -0.3 is 9.26 Å². The van der Waals surface area contributed by atoms with E-state index in [4.69, 9.17) is 19.2 Å². The van der Waals surface area contributed by atoms with E-state index in [9.17, 15) is 8.78 Å². The van der Waals surface area contributed by atoms with Gasteiger partial charge in [-0.3, -0.25) is 0 Å². The van der Waals surface area contributed by atoms with Crippen molar-refractivity contribution in [3.8, 4) is 11.3 Å². The number of hydrogen-bond donors (Lipinski definition) is 0. The van der Waals surface area contributed by atoms with Crippen LogP contribution in [-0.4, -0.2) is 36.7 Å². The zero-order valence-corrected chi connectivity index (χ0v) is 18.8. The summed E-state index contributed by atoms with van der Waals surface area (Å²) in [6.45, 7) is 4.15. The fraction of sp³-hybridized carbons (Fsp3) is 0.417. The van der Waals surface area contributed by atoms with E-state index in [2.05, 4.69) is 20.1 Å². The molecule has 0 radical (unpaired) electrons. The number of rotatable bonds is 4. The SMILES string of the molecule is Cc1nc2nc([C@H]3CCO[C@@H](c4noc(C5CC5)n4)C3)nc(-c3ccc(F)cc3F)c2nc1C. The topological polar surface area (TPSA) is 99.7 Å². The molecule has 0 spiro atoms. The van der Waals surface area contributed by atoms with Crippen molar-refractivity contribution in [3.05, 3.63) is 58.8 Å². The van der Waals surface area contributed by atoms with Crippen LogP contribution in [0, 0.1) is 25.5 Å². The third-order valence-corrected chi connectivity index (χ3v) is 6.47. The number of ether oxygens (including phenoxy) is 1. The van der Waals surface area contributed by atoms with Crippen molar-refractivity contribution < 1.29 is 18.0 Å². The Bertz CT molecular complexity index is 1400. The normalized spacial score (nSPS) is 20.7. The summed E-state index contributed by atoms with van der Waals surface area (Å²) in [6, 6.07) is 3.42. The van der Waals surface area contributed by atoms with Crippen LogP contribution in [0.4, 0.5) is 8.78 Å². The van der Waals surface area contributed by atoms with Crippen LogP contribution in [0.2, 0.25) is 0 Å². The van der Waals surface area contributed by atoms with Crippen molar-refractivity contribution in [3.63, 3.8) is 0 Å². The smallest absolute Gasteiger partial charge is 0.229 e. The van der Waals surface area contributed by atoms with Gasteiger partial charge in [0.1, 0.15) is 34.8 Å². The lowest BCUT2D eigenvalue weighted by Crippen LogP contribution is -2.21. The highest BCUT2D eigenvalue weighted by molar-refractivity contribution is 5.87. The molecule has 4 aromatic rings. The van der Waals surface area contributed by atoms with Gasteiger partial charge in [0.15, 0.2) is 5.65 Å². The molecule has 34 heavy (non-hydrogen) atoms. The van der Waals surface area contributed by atoms with Crippen molar-refractivity contribution in [2.75, 3.05) is 6.61 Å². The second kappa shape index (κ2) is 8.12. The second-order valence-electron chi connectivity index (χ2n) is 8.97. The summed E-state index contributed by atoms with van der Waals surface area (Å²) >= 11 is 0. The molecule has 0 bridgehead atoms. The van der Waals surface area contributed by atoms with Crippen molar-refractivity contribution >= 4 is 11.2 Å². The van der Waals surface area contributed by atoms with E-state index in [1.54, 1.807) is 0 Å². The maximum Gasteiger partial charge on any atom is 0.229 e. The summed E-state index contributed by atoms with van der Waals surface area (Å²) in [5.74, 6) is 0.620. The molecule has 2 atom stereocenters.